The second kappa shape index (κ2) is 4.53. The summed E-state index contributed by atoms with van der Waals surface area (Å²) in [6, 6.07) is 3.69. The molecule has 1 aromatic carbocycles. The zero-order valence-electron chi connectivity index (χ0n) is 9.21. The van der Waals surface area contributed by atoms with E-state index in [0.717, 1.165) is 0 Å². The molecular weight excluding hydrogens is 280 g/mol. The van der Waals surface area contributed by atoms with Crippen LogP contribution >= 0.6 is 11.6 Å². The van der Waals surface area contributed by atoms with Crippen LogP contribution in [0.3, 0.4) is 0 Å². The molecule has 98 valence electrons. The monoisotopic (exact) mass is 290 g/mol. The Morgan fingerprint density at radius 3 is 2.44 bits per heavy atom. The molecule has 0 aromatic heterocycles. The molecule has 1 aliphatic rings. The Morgan fingerprint density at radius 1 is 1.39 bits per heavy atom. The Labute approximate surface area is 109 Å². The smallest absolute Gasteiger partial charge is 0.337 e. The highest BCUT2D eigenvalue weighted by molar-refractivity contribution is 7.92. The summed E-state index contributed by atoms with van der Waals surface area (Å²) >= 11 is 5.85. The Kier molecular flexibility index (Phi) is 3.35. The number of carboxylic acid groups (broad SMARTS) is 1. The number of halogens is 1. The summed E-state index contributed by atoms with van der Waals surface area (Å²) in [7, 11) is -3.42. The maximum atomic E-state index is 12.0. The van der Waals surface area contributed by atoms with Crippen molar-refractivity contribution in [3.8, 4) is 0 Å². The lowest BCUT2D eigenvalue weighted by atomic mass is 10.1. The largest absolute Gasteiger partial charge is 0.479 e. The van der Waals surface area contributed by atoms with Crippen LogP contribution in [0.5, 0.6) is 0 Å². The fourth-order valence-electron chi connectivity index (χ4n) is 1.62. The molecule has 2 N–H and O–H groups in total. The summed E-state index contributed by atoms with van der Waals surface area (Å²) in [6.07, 6.45) is -0.462. The van der Waals surface area contributed by atoms with Crippen LogP contribution < -0.4 is 0 Å². The van der Waals surface area contributed by atoms with E-state index in [1.54, 1.807) is 0 Å². The number of carbonyl (C=O) groups is 1. The molecule has 7 heteroatoms. The van der Waals surface area contributed by atoms with Crippen LogP contribution in [-0.4, -0.2) is 29.9 Å². The van der Waals surface area contributed by atoms with Crippen LogP contribution in [0.25, 0.3) is 0 Å². The molecule has 1 unspecified atom stereocenters. The molecule has 5 nitrogen and oxygen atoms in total. The topological polar surface area (TPSA) is 91.7 Å². The van der Waals surface area contributed by atoms with Crippen molar-refractivity contribution in [2.75, 3.05) is 0 Å². The Morgan fingerprint density at radius 2 is 2.00 bits per heavy atom. The number of aliphatic hydroxyl groups excluding tert-OH is 1. The first kappa shape index (κ1) is 13.3. The van der Waals surface area contributed by atoms with Gasteiger partial charge in [-0.3, -0.25) is 0 Å². The number of carboxylic acids is 1. The molecule has 1 fully saturated rings. The van der Waals surface area contributed by atoms with Gasteiger partial charge < -0.3 is 10.2 Å². The highest BCUT2D eigenvalue weighted by Gasteiger charge is 2.38. The minimum Gasteiger partial charge on any atom is -0.479 e. The lowest BCUT2D eigenvalue weighted by Gasteiger charge is -2.09. The van der Waals surface area contributed by atoms with Gasteiger partial charge in [0.25, 0.3) is 0 Å². The van der Waals surface area contributed by atoms with Gasteiger partial charge in [0.05, 0.1) is 15.2 Å². The number of aliphatic carboxylic acids is 1. The third-order valence-electron chi connectivity index (χ3n) is 2.78. The van der Waals surface area contributed by atoms with Crippen LogP contribution in [0.4, 0.5) is 0 Å². The second-order valence-electron chi connectivity index (χ2n) is 4.18. The highest BCUT2D eigenvalue weighted by atomic mass is 35.5. The van der Waals surface area contributed by atoms with E-state index in [1.165, 1.54) is 18.2 Å². The zero-order chi connectivity index (χ0) is 13.5. The van der Waals surface area contributed by atoms with Gasteiger partial charge in [-0.05, 0) is 30.5 Å². The predicted molar refractivity (Wildman–Crippen MR) is 64.3 cm³/mol. The van der Waals surface area contributed by atoms with Crippen molar-refractivity contribution in [2.45, 2.75) is 29.1 Å². The molecule has 1 atom stereocenters. The number of hydrogen-bond acceptors (Lipinski definition) is 4. The van der Waals surface area contributed by atoms with E-state index in [9.17, 15) is 18.3 Å². The van der Waals surface area contributed by atoms with E-state index >= 15 is 0 Å². The first-order valence-corrected chi connectivity index (χ1v) is 7.20. The van der Waals surface area contributed by atoms with Crippen molar-refractivity contribution >= 4 is 27.4 Å². The molecule has 1 aliphatic carbocycles. The molecule has 0 amide bonds. The van der Waals surface area contributed by atoms with Gasteiger partial charge in [-0.2, -0.15) is 0 Å². The zero-order valence-corrected chi connectivity index (χ0v) is 10.8. The maximum absolute atomic E-state index is 12.0. The first-order valence-electron chi connectivity index (χ1n) is 5.28. The van der Waals surface area contributed by atoms with E-state index in [4.69, 9.17) is 16.7 Å². The minimum absolute atomic E-state index is 0.00648. The van der Waals surface area contributed by atoms with E-state index in [2.05, 4.69) is 0 Å². The number of benzene rings is 1. The standard InChI is InChI=1S/C11H11ClO5S/c12-8-5-6(10(13)11(14)15)1-4-9(8)18(16,17)7-2-3-7/h1,4-5,7,10,13H,2-3H2,(H,14,15). The molecule has 0 saturated heterocycles. The summed E-state index contributed by atoms with van der Waals surface area (Å²) in [6.45, 7) is 0. The fraction of sp³-hybridized carbons (Fsp3) is 0.364. The Hall–Kier alpha value is -1.11. The predicted octanol–water partition coefficient (Wildman–Crippen LogP) is 1.39. The summed E-state index contributed by atoms with van der Waals surface area (Å²) < 4.78 is 23.9. The number of sulfone groups is 1. The fourth-order valence-corrected chi connectivity index (χ4v) is 3.83. The number of hydrogen-bond donors (Lipinski definition) is 2. The quantitative estimate of drug-likeness (QED) is 0.874. The van der Waals surface area contributed by atoms with Gasteiger partial charge in [0.15, 0.2) is 15.9 Å². The molecule has 2 rings (SSSR count). The van der Waals surface area contributed by atoms with Crippen LogP contribution in [0, 0.1) is 0 Å². The average molecular weight is 291 g/mol. The van der Waals surface area contributed by atoms with Crippen molar-refractivity contribution in [1.82, 2.24) is 0 Å². The van der Waals surface area contributed by atoms with E-state index in [-0.39, 0.29) is 20.7 Å². The van der Waals surface area contributed by atoms with Crippen molar-refractivity contribution in [2.24, 2.45) is 0 Å². The van der Waals surface area contributed by atoms with Gasteiger partial charge in [0, 0.05) is 0 Å². The van der Waals surface area contributed by atoms with E-state index in [1.807, 2.05) is 0 Å². The van der Waals surface area contributed by atoms with Crippen molar-refractivity contribution in [1.29, 1.82) is 0 Å². The van der Waals surface area contributed by atoms with Crippen LogP contribution in [-0.2, 0) is 14.6 Å². The average Bonchev–Trinajstić information content (AvgIpc) is 3.11. The lowest BCUT2D eigenvalue weighted by Crippen LogP contribution is -2.12. The highest BCUT2D eigenvalue weighted by Crippen LogP contribution is 2.37. The second-order valence-corrected chi connectivity index (χ2v) is 6.78. The maximum Gasteiger partial charge on any atom is 0.337 e. The lowest BCUT2D eigenvalue weighted by molar-refractivity contribution is -0.146. The molecule has 0 spiro atoms. The summed E-state index contributed by atoms with van der Waals surface area (Å²) in [5, 5.41) is 17.5. The molecule has 18 heavy (non-hydrogen) atoms. The van der Waals surface area contributed by atoms with Crippen LogP contribution in [0.1, 0.15) is 24.5 Å². The Balaban J connectivity index is 2.39. The molecular formula is C11H11ClO5S. The molecule has 0 heterocycles. The first-order chi connectivity index (χ1) is 8.34. The summed E-state index contributed by atoms with van der Waals surface area (Å²) in [4.78, 5) is 10.6. The molecule has 0 radical (unpaired) electrons. The summed E-state index contributed by atoms with van der Waals surface area (Å²) in [5.74, 6) is -1.41. The van der Waals surface area contributed by atoms with Crippen molar-refractivity contribution < 1.29 is 23.4 Å². The van der Waals surface area contributed by atoms with Crippen molar-refractivity contribution in [3.05, 3.63) is 28.8 Å². The van der Waals surface area contributed by atoms with Gasteiger partial charge in [-0.25, -0.2) is 13.2 Å². The number of aliphatic hydroxyl groups is 1. The number of rotatable bonds is 4. The van der Waals surface area contributed by atoms with Gasteiger partial charge in [-0.15, -0.1) is 0 Å². The molecule has 0 bridgehead atoms. The molecule has 1 saturated carbocycles. The van der Waals surface area contributed by atoms with Gasteiger partial charge in [0.1, 0.15) is 0 Å². The normalized spacial score (nSPS) is 17.4. The van der Waals surface area contributed by atoms with Crippen LogP contribution in [0.15, 0.2) is 23.1 Å². The van der Waals surface area contributed by atoms with Crippen LogP contribution in [0.2, 0.25) is 5.02 Å². The van der Waals surface area contributed by atoms with E-state index in [0.29, 0.717) is 12.8 Å². The van der Waals surface area contributed by atoms with Gasteiger partial charge in [-0.1, -0.05) is 17.7 Å². The third-order valence-corrected chi connectivity index (χ3v) is 5.52. The third kappa shape index (κ3) is 2.36. The van der Waals surface area contributed by atoms with Gasteiger partial charge >= 0.3 is 5.97 Å². The SMILES string of the molecule is O=C(O)C(O)c1ccc(S(=O)(=O)C2CC2)c(Cl)c1. The molecule has 1 aromatic rings. The Bertz CT molecular complexity index is 591. The summed E-state index contributed by atoms with van der Waals surface area (Å²) in [5.41, 5.74) is 0.0576. The van der Waals surface area contributed by atoms with E-state index < -0.39 is 21.9 Å². The minimum atomic E-state index is -3.42. The van der Waals surface area contributed by atoms with Gasteiger partial charge in [0.2, 0.25) is 0 Å². The molecule has 0 aliphatic heterocycles. The van der Waals surface area contributed by atoms with Crippen molar-refractivity contribution in [3.63, 3.8) is 0 Å².